The fraction of sp³-hybridized carbons (Fsp3) is 0.235. The SMILES string of the molecule is CCS(=O)(=O)c1ccc(NC(=O)Cc2ccc(C)cc2)cc1. The molecule has 0 spiro atoms. The molecule has 0 aliphatic rings. The highest BCUT2D eigenvalue weighted by atomic mass is 32.2. The van der Waals surface area contributed by atoms with Crippen molar-refractivity contribution in [3.05, 3.63) is 59.7 Å². The summed E-state index contributed by atoms with van der Waals surface area (Å²) in [5.41, 5.74) is 2.68. The van der Waals surface area contributed by atoms with Crippen LogP contribution in [0.5, 0.6) is 0 Å². The lowest BCUT2D eigenvalue weighted by Gasteiger charge is -2.07. The molecule has 1 amide bonds. The van der Waals surface area contributed by atoms with E-state index in [2.05, 4.69) is 5.32 Å². The van der Waals surface area contributed by atoms with Crippen molar-refractivity contribution in [1.29, 1.82) is 0 Å². The number of sulfone groups is 1. The fourth-order valence-corrected chi connectivity index (χ4v) is 2.89. The molecule has 0 aliphatic carbocycles. The molecule has 0 saturated carbocycles. The maximum absolute atomic E-state index is 12.0. The Labute approximate surface area is 131 Å². The summed E-state index contributed by atoms with van der Waals surface area (Å²) in [7, 11) is -3.21. The summed E-state index contributed by atoms with van der Waals surface area (Å²) in [4.78, 5) is 12.2. The molecule has 1 N–H and O–H groups in total. The molecule has 0 fully saturated rings. The smallest absolute Gasteiger partial charge is 0.228 e. The van der Waals surface area contributed by atoms with E-state index in [-0.39, 0.29) is 23.0 Å². The van der Waals surface area contributed by atoms with Crippen molar-refractivity contribution in [1.82, 2.24) is 0 Å². The van der Waals surface area contributed by atoms with E-state index in [1.54, 1.807) is 19.1 Å². The molecule has 0 aliphatic heterocycles. The Morgan fingerprint density at radius 3 is 2.14 bits per heavy atom. The van der Waals surface area contributed by atoms with Crippen molar-refractivity contribution in [2.75, 3.05) is 11.1 Å². The molecule has 0 bridgehead atoms. The number of carbonyl (C=O) groups is 1. The van der Waals surface area contributed by atoms with Crippen LogP contribution in [0.25, 0.3) is 0 Å². The van der Waals surface area contributed by atoms with Gasteiger partial charge in [0, 0.05) is 5.69 Å². The number of anilines is 1. The number of amides is 1. The van der Waals surface area contributed by atoms with Crippen molar-refractivity contribution < 1.29 is 13.2 Å². The van der Waals surface area contributed by atoms with E-state index >= 15 is 0 Å². The van der Waals surface area contributed by atoms with Crippen molar-refractivity contribution in [3.8, 4) is 0 Å². The zero-order valence-corrected chi connectivity index (χ0v) is 13.5. The second-order valence-electron chi connectivity index (χ2n) is 5.14. The first-order valence-corrected chi connectivity index (χ1v) is 8.74. The number of nitrogens with one attached hydrogen (secondary N) is 1. The number of benzene rings is 2. The van der Waals surface area contributed by atoms with Crippen LogP contribution in [-0.2, 0) is 21.1 Å². The standard InChI is InChI=1S/C17H19NO3S/c1-3-22(20,21)16-10-8-15(9-11-16)18-17(19)12-14-6-4-13(2)5-7-14/h4-11H,3,12H2,1-2H3,(H,18,19). The van der Waals surface area contributed by atoms with E-state index in [1.807, 2.05) is 31.2 Å². The van der Waals surface area contributed by atoms with E-state index < -0.39 is 9.84 Å². The summed E-state index contributed by atoms with van der Waals surface area (Å²) in [6, 6.07) is 14.0. The average Bonchev–Trinajstić information content (AvgIpc) is 2.50. The zero-order valence-electron chi connectivity index (χ0n) is 12.7. The molecule has 0 unspecified atom stereocenters. The van der Waals surface area contributed by atoms with Gasteiger partial charge in [-0.15, -0.1) is 0 Å². The number of hydrogen-bond acceptors (Lipinski definition) is 3. The van der Waals surface area contributed by atoms with Crippen LogP contribution in [0.1, 0.15) is 18.1 Å². The highest BCUT2D eigenvalue weighted by Gasteiger charge is 2.11. The Bertz CT molecular complexity index is 747. The predicted molar refractivity (Wildman–Crippen MR) is 87.7 cm³/mol. The molecule has 0 heterocycles. The van der Waals surface area contributed by atoms with Gasteiger partial charge in [-0.25, -0.2) is 8.42 Å². The van der Waals surface area contributed by atoms with Gasteiger partial charge in [-0.2, -0.15) is 0 Å². The maximum Gasteiger partial charge on any atom is 0.228 e. The molecule has 0 atom stereocenters. The molecule has 4 nitrogen and oxygen atoms in total. The lowest BCUT2D eigenvalue weighted by molar-refractivity contribution is -0.115. The summed E-state index contributed by atoms with van der Waals surface area (Å²) in [5, 5.41) is 2.77. The lowest BCUT2D eigenvalue weighted by Crippen LogP contribution is -2.14. The molecule has 0 radical (unpaired) electrons. The van der Waals surface area contributed by atoms with E-state index in [4.69, 9.17) is 0 Å². The largest absolute Gasteiger partial charge is 0.326 e. The van der Waals surface area contributed by atoms with Gasteiger partial charge in [0.1, 0.15) is 0 Å². The molecular formula is C17H19NO3S. The average molecular weight is 317 g/mol. The highest BCUT2D eigenvalue weighted by molar-refractivity contribution is 7.91. The number of rotatable bonds is 5. The molecule has 2 rings (SSSR count). The van der Waals surface area contributed by atoms with Gasteiger partial charge in [-0.3, -0.25) is 4.79 Å². The van der Waals surface area contributed by atoms with E-state index in [0.29, 0.717) is 5.69 Å². The van der Waals surface area contributed by atoms with Gasteiger partial charge in [0.25, 0.3) is 0 Å². The Hall–Kier alpha value is -2.14. The van der Waals surface area contributed by atoms with Gasteiger partial charge in [-0.05, 0) is 36.8 Å². The van der Waals surface area contributed by atoms with Crippen molar-refractivity contribution in [2.45, 2.75) is 25.2 Å². The van der Waals surface area contributed by atoms with Crippen LogP contribution < -0.4 is 5.32 Å². The minimum absolute atomic E-state index is 0.0616. The third-order valence-corrected chi connectivity index (χ3v) is 5.11. The van der Waals surface area contributed by atoms with E-state index in [1.165, 1.54) is 12.1 Å². The summed E-state index contributed by atoms with van der Waals surface area (Å²) < 4.78 is 23.4. The maximum atomic E-state index is 12.0. The minimum atomic E-state index is -3.21. The quantitative estimate of drug-likeness (QED) is 0.922. The minimum Gasteiger partial charge on any atom is -0.326 e. The van der Waals surface area contributed by atoms with Crippen LogP contribution >= 0.6 is 0 Å². The monoisotopic (exact) mass is 317 g/mol. The third kappa shape index (κ3) is 4.18. The molecule has 116 valence electrons. The number of carbonyl (C=O) groups excluding carboxylic acids is 1. The second kappa shape index (κ2) is 6.75. The third-order valence-electron chi connectivity index (χ3n) is 3.36. The summed E-state index contributed by atoms with van der Waals surface area (Å²) in [6.45, 7) is 3.60. The second-order valence-corrected chi connectivity index (χ2v) is 7.42. The van der Waals surface area contributed by atoms with E-state index in [9.17, 15) is 13.2 Å². The van der Waals surface area contributed by atoms with Crippen LogP contribution in [0.15, 0.2) is 53.4 Å². The van der Waals surface area contributed by atoms with Crippen molar-refractivity contribution in [3.63, 3.8) is 0 Å². The van der Waals surface area contributed by atoms with Gasteiger partial charge in [0.15, 0.2) is 9.84 Å². The van der Waals surface area contributed by atoms with Gasteiger partial charge < -0.3 is 5.32 Å². The molecule has 5 heteroatoms. The Morgan fingerprint density at radius 1 is 1.00 bits per heavy atom. The first kappa shape index (κ1) is 16.2. The Balaban J connectivity index is 2.01. The van der Waals surface area contributed by atoms with Gasteiger partial charge in [-0.1, -0.05) is 36.8 Å². The fourth-order valence-electron chi connectivity index (χ4n) is 2.01. The van der Waals surface area contributed by atoms with Crippen molar-refractivity contribution >= 4 is 21.4 Å². The summed E-state index contributed by atoms with van der Waals surface area (Å²) in [5.74, 6) is -0.0680. The van der Waals surface area contributed by atoms with Crippen LogP contribution in [-0.4, -0.2) is 20.1 Å². The van der Waals surface area contributed by atoms with E-state index in [0.717, 1.165) is 11.1 Å². The number of hydrogen-bond donors (Lipinski definition) is 1. The Morgan fingerprint density at radius 2 is 1.59 bits per heavy atom. The normalized spacial score (nSPS) is 11.2. The lowest BCUT2D eigenvalue weighted by atomic mass is 10.1. The predicted octanol–water partition coefficient (Wildman–Crippen LogP) is 2.97. The molecule has 0 saturated heterocycles. The van der Waals surface area contributed by atoms with Gasteiger partial charge >= 0.3 is 0 Å². The summed E-state index contributed by atoms with van der Waals surface area (Å²) >= 11 is 0. The first-order valence-electron chi connectivity index (χ1n) is 7.09. The Kier molecular flexibility index (Phi) is 4.98. The van der Waals surface area contributed by atoms with Crippen LogP contribution in [0.2, 0.25) is 0 Å². The molecule has 2 aromatic rings. The van der Waals surface area contributed by atoms with Crippen LogP contribution in [0.4, 0.5) is 5.69 Å². The molecule has 22 heavy (non-hydrogen) atoms. The van der Waals surface area contributed by atoms with Gasteiger partial charge in [0.05, 0.1) is 17.1 Å². The molecule has 2 aromatic carbocycles. The topological polar surface area (TPSA) is 63.2 Å². The molecule has 0 aromatic heterocycles. The van der Waals surface area contributed by atoms with Gasteiger partial charge in [0.2, 0.25) is 5.91 Å². The first-order chi connectivity index (χ1) is 10.4. The number of aryl methyl sites for hydroxylation is 1. The van der Waals surface area contributed by atoms with Crippen LogP contribution in [0.3, 0.4) is 0 Å². The zero-order chi connectivity index (χ0) is 16.2. The highest BCUT2D eigenvalue weighted by Crippen LogP contribution is 2.15. The molecular weight excluding hydrogens is 298 g/mol. The van der Waals surface area contributed by atoms with Crippen molar-refractivity contribution in [2.24, 2.45) is 0 Å². The summed E-state index contributed by atoms with van der Waals surface area (Å²) in [6.07, 6.45) is 0.287. The van der Waals surface area contributed by atoms with Crippen LogP contribution in [0, 0.1) is 6.92 Å².